The fraction of sp³-hybridized carbons (Fsp3) is 0.231. The maximum absolute atomic E-state index is 6.27. The minimum Gasteiger partial charge on any atom is -0.450 e. The van der Waals surface area contributed by atoms with Gasteiger partial charge in [-0.25, -0.2) is 9.97 Å². The van der Waals surface area contributed by atoms with Crippen molar-refractivity contribution in [1.29, 1.82) is 0 Å². The Morgan fingerprint density at radius 2 is 1.52 bits per heavy atom. The summed E-state index contributed by atoms with van der Waals surface area (Å²) >= 11 is 0. The van der Waals surface area contributed by atoms with Gasteiger partial charge in [0.15, 0.2) is 17.2 Å². The van der Waals surface area contributed by atoms with Gasteiger partial charge in [-0.05, 0) is 32.0 Å². The quantitative estimate of drug-likeness (QED) is 0.466. The highest BCUT2D eigenvalue weighted by Gasteiger charge is 2.28. The molecule has 0 aliphatic carbocycles. The number of furan rings is 1. The average molecular weight is 438 g/mol. The molecule has 1 fully saturated rings. The summed E-state index contributed by atoms with van der Waals surface area (Å²) in [7, 11) is 0. The number of piperazine rings is 1. The summed E-state index contributed by atoms with van der Waals surface area (Å²) in [5.74, 6) is 2.46. The minimum atomic E-state index is 0.720. The second-order valence-corrected chi connectivity index (χ2v) is 8.58. The molecule has 1 saturated heterocycles. The zero-order valence-electron chi connectivity index (χ0n) is 18.7. The first-order valence-electron chi connectivity index (χ1n) is 11.3. The summed E-state index contributed by atoms with van der Waals surface area (Å²) in [6, 6.07) is 20.2. The average Bonchev–Trinajstić information content (AvgIpc) is 3.22. The summed E-state index contributed by atoms with van der Waals surface area (Å²) in [5.41, 5.74) is 5.48. The third-order valence-electron chi connectivity index (χ3n) is 6.20. The molecule has 4 heterocycles. The van der Waals surface area contributed by atoms with Crippen molar-refractivity contribution in [2.24, 2.45) is 0 Å². The number of aryl methyl sites for hydroxylation is 2. The van der Waals surface area contributed by atoms with Crippen molar-refractivity contribution in [3.63, 3.8) is 0 Å². The number of nitrogens with zero attached hydrogens (tertiary/aromatic N) is 5. The standard InChI is InChI=1S/C26H24N6O/c1-17-16-18(2)28-26(27-17)32-14-12-31(13-15-32)25-23-22(20-10-6-7-11-21(20)33-23)29-24(30-25)19-8-4-3-5-9-19/h3-11,16H,12-15H2,1-2H3/p+1. The number of para-hydroxylation sites is 1. The Labute approximate surface area is 191 Å². The Morgan fingerprint density at radius 1 is 0.818 bits per heavy atom. The van der Waals surface area contributed by atoms with E-state index < -0.39 is 0 Å². The van der Waals surface area contributed by atoms with E-state index in [0.29, 0.717) is 0 Å². The van der Waals surface area contributed by atoms with Crippen LogP contribution in [-0.2, 0) is 0 Å². The van der Waals surface area contributed by atoms with E-state index >= 15 is 0 Å². The van der Waals surface area contributed by atoms with Crippen LogP contribution in [0.15, 0.2) is 65.1 Å². The number of aromatic nitrogens is 4. The van der Waals surface area contributed by atoms with Crippen LogP contribution in [0.4, 0.5) is 11.8 Å². The van der Waals surface area contributed by atoms with E-state index in [1.807, 2.05) is 68.4 Å². The molecule has 0 unspecified atom stereocenters. The van der Waals surface area contributed by atoms with Crippen molar-refractivity contribution in [3.8, 4) is 11.4 Å². The van der Waals surface area contributed by atoms with E-state index in [-0.39, 0.29) is 0 Å². The van der Waals surface area contributed by atoms with Gasteiger partial charge in [0.05, 0.1) is 13.1 Å². The van der Waals surface area contributed by atoms with Gasteiger partial charge in [-0.15, -0.1) is 0 Å². The zero-order chi connectivity index (χ0) is 22.4. The molecule has 33 heavy (non-hydrogen) atoms. The first kappa shape index (κ1) is 19.8. The maximum Gasteiger partial charge on any atom is 0.327 e. The van der Waals surface area contributed by atoms with Crippen molar-refractivity contribution in [2.75, 3.05) is 31.1 Å². The Balaban J connectivity index is 1.40. The van der Waals surface area contributed by atoms with Crippen LogP contribution in [0.1, 0.15) is 11.4 Å². The fourth-order valence-corrected chi connectivity index (χ4v) is 4.60. The van der Waals surface area contributed by atoms with Gasteiger partial charge in [-0.3, -0.25) is 4.90 Å². The highest BCUT2D eigenvalue weighted by atomic mass is 16.3. The number of hydrogen-bond donors (Lipinski definition) is 1. The lowest BCUT2D eigenvalue weighted by Crippen LogP contribution is -3.11. The lowest BCUT2D eigenvalue weighted by molar-refractivity contribution is -0.838. The predicted octanol–water partition coefficient (Wildman–Crippen LogP) is 3.49. The summed E-state index contributed by atoms with van der Waals surface area (Å²) in [6.07, 6.45) is 0. The van der Waals surface area contributed by atoms with E-state index in [0.717, 1.165) is 82.8 Å². The van der Waals surface area contributed by atoms with Gasteiger partial charge in [0.25, 0.3) is 0 Å². The van der Waals surface area contributed by atoms with Crippen molar-refractivity contribution in [3.05, 3.63) is 72.1 Å². The van der Waals surface area contributed by atoms with E-state index in [9.17, 15) is 0 Å². The molecule has 3 aromatic heterocycles. The number of rotatable bonds is 3. The van der Waals surface area contributed by atoms with Gasteiger partial charge >= 0.3 is 5.95 Å². The molecule has 7 nitrogen and oxygen atoms in total. The third kappa shape index (κ3) is 3.60. The predicted molar refractivity (Wildman–Crippen MR) is 129 cm³/mol. The van der Waals surface area contributed by atoms with Gasteiger partial charge in [0, 0.05) is 22.3 Å². The number of benzene rings is 2. The van der Waals surface area contributed by atoms with Crippen LogP contribution in [0.5, 0.6) is 0 Å². The second kappa shape index (κ2) is 7.94. The monoisotopic (exact) mass is 437 g/mol. The van der Waals surface area contributed by atoms with Crippen LogP contribution in [0, 0.1) is 13.8 Å². The molecular formula is C26H25N6O+. The normalized spacial score (nSPS) is 14.9. The number of anilines is 1. The van der Waals surface area contributed by atoms with Crippen molar-refractivity contribution in [2.45, 2.75) is 13.8 Å². The van der Waals surface area contributed by atoms with Crippen LogP contribution in [0.3, 0.4) is 0 Å². The molecule has 0 bridgehead atoms. The van der Waals surface area contributed by atoms with Crippen LogP contribution in [0.25, 0.3) is 33.5 Å². The van der Waals surface area contributed by atoms with Crippen LogP contribution < -0.4 is 9.80 Å². The topological polar surface area (TPSA) is 72.4 Å². The molecule has 6 rings (SSSR count). The molecule has 0 saturated carbocycles. The van der Waals surface area contributed by atoms with E-state index in [4.69, 9.17) is 14.4 Å². The van der Waals surface area contributed by atoms with E-state index in [2.05, 4.69) is 20.9 Å². The maximum atomic E-state index is 6.27. The van der Waals surface area contributed by atoms with Crippen LogP contribution >= 0.6 is 0 Å². The summed E-state index contributed by atoms with van der Waals surface area (Å²) < 4.78 is 6.27. The first-order chi connectivity index (χ1) is 16.2. The number of hydrogen-bond acceptors (Lipinski definition) is 6. The van der Waals surface area contributed by atoms with Crippen molar-refractivity contribution < 1.29 is 9.32 Å². The van der Waals surface area contributed by atoms with Crippen molar-refractivity contribution >= 4 is 33.8 Å². The van der Waals surface area contributed by atoms with E-state index in [1.165, 1.54) is 4.90 Å². The molecular weight excluding hydrogens is 412 g/mol. The lowest BCUT2D eigenvalue weighted by Gasteiger charge is -2.31. The first-order valence-corrected chi connectivity index (χ1v) is 11.3. The molecule has 2 aromatic carbocycles. The lowest BCUT2D eigenvalue weighted by atomic mass is 10.2. The molecule has 5 aromatic rings. The Bertz CT molecular complexity index is 1430. The van der Waals surface area contributed by atoms with E-state index in [1.54, 1.807) is 0 Å². The molecule has 164 valence electrons. The molecule has 0 radical (unpaired) electrons. The minimum absolute atomic E-state index is 0.720. The fourth-order valence-electron chi connectivity index (χ4n) is 4.60. The highest BCUT2D eigenvalue weighted by molar-refractivity contribution is 6.06. The molecule has 0 amide bonds. The second-order valence-electron chi connectivity index (χ2n) is 8.58. The Morgan fingerprint density at radius 3 is 2.27 bits per heavy atom. The third-order valence-corrected chi connectivity index (χ3v) is 6.20. The number of quaternary nitrogens is 1. The van der Waals surface area contributed by atoms with Crippen LogP contribution in [0.2, 0.25) is 0 Å². The van der Waals surface area contributed by atoms with Crippen LogP contribution in [-0.4, -0.2) is 46.1 Å². The molecule has 1 N–H and O–H groups in total. The summed E-state index contributed by atoms with van der Waals surface area (Å²) in [4.78, 5) is 22.9. The molecule has 7 heteroatoms. The van der Waals surface area contributed by atoms with Gasteiger partial charge in [-0.1, -0.05) is 42.5 Å². The Hall–Kier alpha value is -3.84. The SMILES string of the molecule is Cc1cc(C)nc([NH+]2CCN(c3nc(-c4ccccc4)nc4c3oc3ccccc34)CC2)n1. The van der Waals surface area contributed by atoms with Gasteiger partial charge in [0.1, 0.15) is 24.2 Å². The van der Waals surface area contributed by atoms with Gasteiger partial charge in [-0.2, -0.15) is 9.97 Å². The summed E-state index contributed by atoms with van der Waals surface area (Å²) in [6.45, 7) is 7.52. The number of nitrogens with one attached hydrogen (secondary N) is 1. The smallest absolute Gasteiger partial charge is 0.327 e. The van der Waals surface area contributed by atoms with Gasteiger partial charge in [0.2, 0.25) is 0 Å². The zero-order valence-corrected chi connectivity index (χ0v) is 18.7. The molecule has 1 aliphatic heterocycles. The Kier molecular flexibility index (Phi) is 4.77. The molecule has 0 spiro atoms. The van der Waals surface area contributed by atoms with Gasteiger partial charge < -0.3 is 9.32 Å². The molecule has 0 atom stereocenters. The largest absolute Gasteiger partial charge is 0.450 e. The number of fused-ring (bicyclic) bond motifs is 3. The summed E-state index contributed by atoms with van der Waals surface area (Å²) in [5, 5.41) is 1.02. The highest BCUT2D eigenvalue weighted by Crippen LogP contribution is 2.34. The van der Waals surface area contributed by atoms with Crippen molar-refractivity contribution in [1.82, 2.24) is 19.9 Å². The molecule has 1 aliphatic rings.